The molecule has 3 N–H and O–H groups in total. The van der Waals surface area contributed by atoms with E-state index in [0.29, 0.717) is 16.3 Å². The van der Waals surface area contributed by atoms with Gasteiger partial charge in [0.2, 0.25) is 0 Å². The van der Waals surface area contributed by atoms with Crippen LogP contribution in [0.25, 0.3) is 0 Å². The molecule has 0 aliphatic carbocycles. The van der Waals surface area contributed by atoms with E-state index >= 15 is 0 Å². The van der Waals surface area contributed by atoms with Crippen molar-refractivity contribution in [2.24, 2.45) is 5.73 Å². The average molecular weight is 172 g/mol. The molecule has 0 saturated heterocycles. The lowest BCUT2D eigenvalue weighted by molar-refractivity contribution is -0.113. The monoisotopic (exact) mass is 172 g/mol. The van der Waals surface area contributed by atoms with Crippen LogP contribution in [0.2, 0.25) is 0 Å². The maximum absolute atomic E-state index is 10.9. The van der Waals surface area contributed by atoms with Gasteiger partial charge in [-0.1, -0.05) is 12.2 Å². The molecular weight excluding hydrogens is 160 g/mol. The van der Waals surface area contributed by atoms with E-state index in [0.717, 1.165) is 0 Å². The summed E-state index contributed by atoms with van der Waals surface area (Å²) >= 11 is 4.86. The van der Waals surface area contributed by atoms with Crippen LogP contribution in [0.4, 0.5) is 0 Å². The van der Waals surface area contributed by atoms with Crippen molar-refractivity contribution in [1.82, 2.24) is 5.32 Å². The fourth-order valence-corrected chi connectivity index (χ4v) is 1.05. The summed E-state index contributed by atoms with van der Waals surface area (Å²) in [6.07, 6.45) is 0. The SMILES string of the molecule is CNC(=S)/C(C(C)=O)=C(\C)N. The number of rotatable bonds is 2. The molecule has 62 valence electrons. The van der Waals surface area contributed by atoms with Crippen LogP contribution in [-0.4, -0.2) is 17.8 Å². The Bertz CT molecular complexity index is 216. The second-order valence-corrected chi connectivity index (χ2v) is 2.60. The molecule has 0 amide bonds. The van der Waals surface area contributed by atoms with E-state index in [4.69, 9.17) is 18.0 Å². The molecule has 0 aromatic carbocycles. The van der Waals surface area contributed by atoms with Crippen molar-refractivity contribution >= 4 is 23.0 Å². The van der Waals surface area contributed by atoms with Gasteiger partial charge >= 0.3 is 0 Å². The number of nitrogens with one attached hydrogen (secondary N) is 1. The summed E-state index contributed by atoms with van der Waals surface area (Å²) in [6.45, 7) is 3.09. The number of likely N-dealkylation sites (N-methyl/N-ethyl adjacent to an activating group) is 1. The molecule has 0 unspecified atom stereocenters. The van der Waals surface area contributed by atoms with Crippen molar-refractivity contribution in [2.75, 3.05) is 7.05 Å². The van der Waals surface area contributed by atoms with E-state index in [9.17, 15) is 4.79 Å². The standard InChI is InChI=1S/C7H12N2OS/c1-4(8)6(5(2)10)7(11)9-3/h8H2,1-3H3,(H,9,11)/b6-4+. The van der Waals surface area contributed by atoms with Gasteiger partial charge in [-0.25, -0.2) is 0 Å². The number of carbonyl (C=O) groups excluding carboxylic acids is 1. The quantitative estimate of drug-likeness (QED) is 0.466. The first-order chi connectivity index (χ1) is 5.00. The van der Waals surface area contributed by atoms with Crippen LogP contribution in [0.5, 0.6) is 0 Å². The number of hydrogen-bond donors (Lipinski definition) is 2. The van der Waals surface area contributed by atoms with Gasteiger partial charge in [0.25, 0.3) is 0 Å². The summed E-state index contributed by atoms with van der Waals surface area (Å²) in [5.41, 5.74) is 6.31. The van der Waals surface area contributed by atoms with Crippen LogP contribution in [0.15, 0.2) is 11.3 Å². The second kappa shape index (κ2) is 4.08. The van der Waals surface area contributed by atoms with Crippen LogP contribution in [0.3, 0.4) is 0 Å². The molecule has 0 bridgehead atoms. The number of thiocarbonyl (C=S) groups is 1. The molecule has 0 aliphatic rings. The van der Waals surface area contributed by atoms with Gasteiger partial charge in [0.15, 0.2) is 5.78 Å². The summed E-state index contributed by atoms with van der Waals surface area (Å²) in [5, 5.41) is 2.70. The van der Waals surface area contributed by atoms with E-state index in [1.807, 2.05) is 0 Å². The predicted octanol–water partition coefficient (Wildman–Crippen LogP) is 0.355. The van der Waals surface area contributed by atoms with Crippen LogP contribution >= 0.6 is 12.2 Å². The van der Waals surface area contributed by atoms with Crippen molar-refractivity contribution in [3.05, 3.63) is 11.3 Å². The molecule has 0 fully saturated rings. The summed E-state index contributed by atoms with van der Waals surface area (Å²) in [4.78, 5) is 11.3. The molecule has 0 rings (SSSR count). The molecule has 0 heterocycles. The molecule has 11 heavy (non-hydrogen) atoms. The van der Waals surface area contributed by atoms with Crippen molar-refractivity contribution in [2.45, 2.75) is 13.8 Å². The second-order valence-electron chi connectivity index (χ2n) is 2.19. The van der Waals surface area contributed by atoms with Crippen molar-refractivity contribution in [1.29, 1.82) is 0 Å². The van der Waals surface area contributed by atoms with Gasteiger partial charge < -0.3 is 11.1 Å². The Morgan fingerprint density at radius 2 is 1.91 bits per heavy atom. The van der Waals surface area contributed by atoms with E-state index in [1.54, 1.807) is 14.0 Å². The Kier molecular flexibility index (Phi) is 3.74. The normalized spacial score (nSPS) is 11.9. The smallest absolute Gasteiger partial charge is 0.164 e. The number of Topliss-reactive ketones (excluding diaryl/α,β-unsaturated/α-hetero) is 1. The van der Waals surface area contributed by atoms with Gasteiger partial charge in [-0.05, 0) is 13.8 Å². The van der Waals surface area contributed by atoms with E-state index in [2.05, 4.69) is 5.32 Å². The fraction of sp³-hybridized carbons (Fsp3) is 0.429. The highest BCUT2D eigenvalue weighted by atomic mass is 32.1. The maximum atomic E-state index is 10.9. The molecule has 0 spiro atoms. The lowest BCUT2D eigenvalue weighted by atomic mass is 10.1. The number of allylic oxidation sites excluding steroid dienone is 1. The molecule has 0 atom stereocenters. The lowest BCUT2D eigenvalue weighted by Crippen LogP contribution is -2.24. The van der Waals surface area contributed by atoms with Crippen molar-refractivity contribution < 1.29 is 4.79 Å². The van der Waals surface area contributed by atoms with Crippen LogP contribution in [-0.2, 0) is 4.79 Å². The van der Waals surface area contributed by atoms with Gasteiger partial charge in [-0.15, -0.1) is 0 Å². The first-order valence-electron chi connectivity index (χ1n) is 3.20. The molecule has 0 aliphatic heterocycles. The van der Waals surface area contributed by atoms with Crippen LogP contribution < -0.4 is 11.1 Å². The predicted molar refractivity (Wildman–Crippen MR) is 49.2 cm³/mol. The van der Waals surface area contributed by atoms with E-state index < -0.39 is 0 Å². The molecule has 0 aromatic rings. The lowest BCUT2D eigenvalue weighted by Gasteiger charge is -2.06. The maximum Gasteiger partial charge on any atom is 0.164 e. The zero-order valence-electron chi connectivity index (χ0n) is 6.89. The molecule has 0 radical (unpaired) electrons. The Hall–Kier alpha value is -0.900. The minimum atomic E-state index is -0.107. The number of ketones is 1. The molecule has 0 aromatic heterocycles. The zero-order chi connectivity index (χ0) is 9.02. The third kappa shape index (κ3) is 2.67. The topological polar surface area (TPSA) is 55.1 Å². The van der Waals surface area contributed by atoms with E-state index in [-0.39, 0.29) is 5.78 Å². The highest BCUT2D eigenvalue weighted by Gasteiger charge is 2.10. The molecular formula is C7H12N2OS. The number of nitrogens with two attached hydrogens (primary N) is 1. The largest absolute Gasteiger partial charge is 0.402 e. The molecule has 4 heteroatoms. The highest BCUT2D eigenvalue weighted by Crippen LogP contribution is 2.01. The van der Waals surface area contributed by atoms with Gasteiger partial charge in [-0.3, -0.25) is 4.79 Å². The first kappa shape index (κ1) is 10.1. The Balaban J connectivity index is 4.79. The van der Waals surface area contributed by atoms with Gasteiger partial charge in [0.1, 0.15) is 4.99 Å². The molecule has 0 saturated carbocycles. The van der Waals surface area contributed by atoms with Crippen LogP contribution in [0.1, 0.15) is 13.8 Å². The van der Waals surface area contributed by atoms with Gasteiger partial charge in [0.05, 0.1) is 5.57 Å². The molecule has 3 nitrogen and oxygen atoms in total. The van der Waals surface area contributed by atoms with E-state index in [1.165, 1.54) is 6.92 Å². The zero-order valence-corrected chi connectivity index (χ0v) is 7.71. The number of hydrogen-bond acceptors (Lipinski definition) is 3. The van der Waals surface area contributed by atoms with Crippen LogP contribution in [0, 0.1) is 0 Å². The summed E-state index contributed by atoms with van der Waals surface area (Å²) in [6, 6.07) is 0. The van der Waals surface area contributed by atoms with Gasteiger partial charge in [0, 0.05) is 12.7 Å². The highest BCUT2D eigenvalue weighted by molar-refractivity contribution is 7.80. The summed E-state index contributed by atoms with van der Waals surface area (Å²) < 4.78 is 0. The Morgan fingerprint density at radius 3 is 2.00 bits per heavy atom. The van der Waals surface area contributed by atoms with Crippen molar-refractivity contribution in [3.8, 4) is 0 Å². The summed E-state index contributed by atoms with van der Waals surface area (Å²) in [5.74, 6) is -0.107. The fourth-order valence-electron chi connectivity index (χ4n) is 0.742. The third-order valence-corrected chi connectivity index (χ3v) is 1.61. The van der Waals surface area contributed by atoms with Gasteiger partial charge in [-0.2, -0.15) is 0 Å². The first-order valence-corrected chi connectivity index (χ1v) is 3.61. The third-order valence-electron chi connectivity index (χ3n) is 1.20. The minimum Gasteiger partial charge on any atom is -0.402 e. The van der Waals surface area contributed by atoms with Crippen molar-refractivity contribution in [3.63, 3.8) is 0 Å². The Labute approximate surface area is 71.6 Å². The Morgan fingerprint density at radius 1 is 1.45 bits per heavy atom. The summed E-state index contributed by atoms with van der Waals surface area (Å²) in [7, 11) is 1.66. The average Bonchev–Trinajstić information content (AvgIpc) is 1.85. The number of carbonyl (C=O) groups is 1. The minimum absolute atomic E-state index is 0.107.